The van der Waals surface area contributed by atoms with Gasteiger partial charge in [-0.25, -0.2) is 0 Å². The molecule has 0 aliphatic carbocycles. The standard InChI is InChI=1S/C10H18O2/c1-4-6-7-9(8(3)11)10(12)5-2/h9H,4-7H2,1-3H3. The molecule has 0 saturated heterocycles. The van der Waals surface area contributed by atoms with E-state index in [1.807, 2.05) is 6.92 Å². The van der Waals surface area contributed by atoms with Gasteiger partial charge in [0, 0.05) is 6.42 Å². The minimum absolute atomic E-state index is 0.0234. The van der Waals surface area contributed by atoms with E-state index >= 15 is 0 Å². The number of rotatable bonds is 6. The topological polar surface area (TPSA) is 34.1 Å². The Morgan fingerprint density at radius 2 is 1.83 bits per heavy atom. The van der Waals surface area contributed by atoms with Crippen molar-refractivity contribution in [3.63, 3.8) is 0 Å². The lowest BCUT2D eigenvalue weighted by Crippen LogP contribution is -2.21. The van der Waals surface area contributed by atoms with Gasteiger partial charge in [0.15, 0.2) is 0 Å². The summed E-state index contributed by atoms with van der Waals surface area (Å²) in [6, 6.07) is 0. The molecular formula is C10H18O2. The van der Waals surface area contributed by atoms with Crippen molar-refractivity contribution < 1.29 is 9.59 Å². The smallest absolute Gasteiger partial charge is 0.143 e. The van der Waals surface area contributed by atoms with E-state index in [1.165, 1.54) is 6.92 Å². The Morgan fingerprint density at radius 3 is 2.17 bits per heavy atom. The van der Waals surface area contributed by atoms with Crippen molar-refractivity contribution in [2.75, 3.05) is 0 Å². The number of carbonyl (C=O) groups is 2. The van der Waals surface area contributed by atoms with Crippen molar-refractivity contribution in [3.05, 3.63) is 0 Å². The van der Waals surface area contributed by atoms with Crippen LogP contribution in [0.15, 0.2) is 0 Å². The summed E-state index contributed by atoms with van der Waals surface area (Å²) in [5.74, 6) is -0.207. The molecule has 0 fully saturated rings. The first-order chi connectivity index (χ1) is 5.63. The Kier molecular flexibility index (Phi) is 5.60. The van der Waals surface area contributed by atoms with Crippen molar-refractivity contribution >= 4 is 11.6 Å². The van der Waals surface area contributed by atoms with Crippen molar-refractivity contribution in [2.24, 2.45) is 5.92 Å². The second-order valence-corrected chi connectivity index (χ2v) is 3.13. The van der Waals surface area contributed by atoms with E-state index in [4.69, 9.17) is 0 Å². The van der Waals surface area contributed by atoms with Gasteiger partial charge in [-0.15, -0.1) is 0 Å². The fourth-order valence-electron chi connectivity index (χ4n) is 1.25. The van der Waals surface area contributed by atoms with Crippen LogP contribution in [0.3, 0.4) is 0 Å². The lowest BCUT2D eigenvalue weighted by Gasteiger charge is -2.09. The monoisotopic (exact) mass is 170 g/mol. The molecule has 12 heavy (non-hydrogen) atoms. The third kappa shape index (κ3) is 3.65. The van der Waals surface area contributed by atoms with Crippen LogP contribution in [0.2, 0.25) is 0 Å². The van der Waals surface area contributed by atoms with Crippen LogP contribution < -0.4 is 0 Å². The minimum atomic E-state index is -0.324. The van der Waals surface area contributed by atoms with Crippen molar-refractivity contribution in [1.82, 2.24) is 0 Å². The molecule has 0 bridgehead atoms. The van der Waals surface area contributed by atoms with E-state index in [9.17, 15) is 9.59 Å². The number of hydrogen-bond donors (Lipinski definition) is 0. The van der Waals surface area contributed by atoms with Gasteiger partial charge in [0.2, 0.25) is 0 Å². The highest BCUT2D eigenvalue weighted by molar-refractivity contribution is 6.01. The van der Waals surface area contributed by atoms with Crippen LogP contribution in [0.25, 0.3) is 0 Å². The third-order valence-corrected chi connectivity index (χ3v) is 2.07. The van der Waals surface area contributed by atoms with E-state index in [2.05, 4.69) is 6.92 Å². The molecule has 0 radical (unpaired) electrons. The molecular weight excluding hydrogens is 152 g/mol. The molecule has 0 aliphatic rings. The van der Waals surface area contributed by atoms with E-state index in [1.54, 1.807) is 0 Å². The molecule has 0 saturated carbocycles. The molecule has 0 aromatic heterocycles. The van der Waals surface area contributed by atoms with Crippen LogP contribution in [0.1, 0.15) is 46.5 Å². The highest BCUT2D eigenvalue weighted by Gasteiger charge is 2.20. The van der Waals surface area contributed by atoms with E-state index in [0.29, 0.717) is 6.42 Å². The summed E-state index contributed by atoms with van der Waals surface area (Å²) >= 11 is 0. The van der Waals surface area contributed by atoms with Crippen LogP contribution in [-0.2, 0) is 9.59 Å². The summed E-state index contributed by atoms with van der Waals surface area (Å²) in [5, 5.41) is 0. The first-order valence-corrected chi connectivity index (χ1v) is 4.66. The Balaban J connectivity index is 4.04. The molecule has 0 rings (SSSR count). The maximum Gasteiger partial charge on any atom is 0.143 e. The minimum Gasteiger partial charge on any atom is -0.299 e. The van der Waals surface area contributed by atoms with Gasteiger partial charge >= 0.3 is 0 Å². The van der Waals surface area contributed by atoms with Gasteiger partial charge in [0.05, 0.1) is 5.92 Å². The van der Waals surface area contributed by atoms with Crippen LogP contribution in [0.5, 0.6) is 0 Å². The lowest BCUT2D eigenvalue weighted by atomic mass is 9.92. The summed E-state index contributed by atoms with van der Waals surface area (Å²) < 4.78 is 0. The molecule has 0 aliphatic heterocycles. The Morgan fingerprint density at radius 1 is 1.25 bits per heavy atom. The summed E-state index contributed by atoms with van der Waals surface area (Å²) in [6.45, 7) is 5.38. The second kappa shape index (κ2) is 5.92. The molecule has 0 aromatic rings. The molecule has 2 heteroatoms. The zero-order valence-electron chi connectivity index (χ0n) is 8.22. The lowest BCUT2D eigenvalue weighted by molar-refractivity contribution is -0.131. The van der Waals surface area contributed by atoms with Gasteiger partial charge in [-0.1, -0.05) is 26.7 Å². The van der Waals surface area contributed by atoms with Gasteiger partial charge in [0.1, 0.15) is 11.6 Å². The molecule has 0 aromatic carbocycles. The average Bonchev–Trinajstić information content (AvgIpc) is 2.04. The third-order valence-electron chi connectivity index (χ3n) is 2.07. The molecule has 0 spiro atoms. The Bertz CT molecular complexity index is 161. The summed E-state index contributed by atoms with van der Waals surface area (Å²) in [6.07, 6.45) is 3.23. The van der Waals surface area contributed by atoms with Gasteiger partial charge in [-0.05, 0) is 13.3 Å². The fraction of sp³-hybridized carbons (Fsp3) is 0.800. The molecule has 0 heterocycles. The van der Waals surface area contributed by atoms with Crippen molar-refractivity contribution in [2.45, 2.75) is 46.5 Å². The predicted octanol–water partition coefficient (Wildman–Crippen LogP) is 2.36. The number of ketones is 2. The largest absolute Gasteiger partial charge is 0.299 e. The maximum atomic E-state index is 11.2. The molecule has 70 valence electrons. The van der Waals surface area contributed by atoms with Gasteiger partial charge in [-0.3, -0.25) is 9.59 Å². The SMILES string of the molecule is CCCCC(C(C)=O)C(=O)CC. The predicted molar refractivity (Wildman–Crippen MR) is 49.0 cm³/mol. The van der Waals surface area contributed by atoms with E-state index in [-0.39, 0.29) is 17.5 Å². The first kappa shape index (κ1) is 11.3. The summed E-state index contributed by atoms with van der Waals surface area (Å²) in [7, 11) is 0. The normalized spacial score (nSPS) is 12.6. The van der Waals surface area contributed by atoms with Crippen LogP contribution >= 0.6 is 0 Å². The van der Waals surface area contributed by atoms with Crippen molar-refractivity contribution in [1.29, 1.82) is 0 Å². The van der Waals surface area contributed by atoms with Crippen molar-refractivity contribution in [3.8, 4) is 0 Å². The highest BCUT2D eigenvalue weighted by Crippen LogP contribution is 2.12. The molecule has 1 atom stereocenters. The van der Waals surface area contributed by atoms with Crippen LogP contribution in [0, 0.1) is 5.92 Å². The van der Waals surface area contributed by atoms with Gasteiger partial charge < -0.3 is 0 Å². The van der Waals surface area contributed by atoms with E-state index < -0.39 is 0 Å². The molecule has 1 unspecified atom stereocenters. The van der Waals surface area contributed by atoms with Crippen LogP contribution in [0.4, 0.5) is 0 Å². The van der Waals surface area contributed by atoms with Crippen LogP contribution in [-0.4, -0.2) is 11.6 Å². The highest BCUT2D eigenvalue weighted by atomic mass is 16.1. The first-order valence-electron chi connectivity index (χ1n) is 4.66. The zero-order chi connectivity index (χ0) is 9.56. The molecule has 2 nitrogen and oxygen atoms in total. The number of hydrogen-bond acceptors (Lipinski definition) is 2. The second-order valence-electron chi connectivity index (χ2n) is 3.13. The Labute approximate surface area is 74.3 Å². The fourth-order valence-corrected chi connectivity index (χ4v) is 1.25. The Hall–Kier alpha value is -0.660. The zero-order valence-corrected chi connectivity index (χ0v) is 8.22. The maximum absolute atomic E-state index is 11.2. The quantitative estimate of drug-likeness (QED) is 0.573. The average molecular weight is 170 g/mol. The van der Waals surface area contributed by atoms with Gasteiger partial charge in [0.25, 0.3) is 0 Å². The number of carbonyl (C=O) groups excluding carboxylic acids is 2. The number of unbranched alkanes of at least 4 members (excludes halogenated alkanes) is 1. The molecule has 0 N–H and O–H groups in total. The number of Topliss-reactive ketones (excluding diaryl/α,β-unsaturated/α-hetero) is 2. The van der Waals surface area contributed by atoms with Gasteiger partial charge in [-0.2, -0.15) is 0 Å². The van der Waals surface area contributed by atoms with E-state index in [0.717, 1.165) is 19.3 Å². The molecule has 0 amide bonds. The summed E-state index contributed by atoms with van der Waals surface area (Å²) in [4.78, 5) is 22.3. The summed E-state index contributed by atoms with van der Waals surface area (Å²) in [5.41, 5.74) is 0.